The number of hydrogen-bond donors (Lipinski definition) is 0. The molecule has 0 heterocycles. The van der Waals surface area contributed by atoms with E-state index in [1.807, 2.05) is 19.9 Å². The summed E-state index contributed by atoms with van der Waals surface area (Å²) >= 11 is 0. The molecule has 0 radical (unpaired) electrons. The van der Waals surface area contributed by atoms with Crippen LogP contribution in [-0.4, -0.2) is 5.78 Å². The summed E-state index contributed by atoms with van der Waals surface area (Å²) < 4.78 is 39.8. The number of benzene rings is 2. The average molecular weight is 292 g/mol. The van der Waals surface area contributed by atoms with Gasteiger partial charge in [0.15, 0.2) is 23.2 Å². The van der Waals surface area contributed by atoms with E-state index in [0.717, 1.165) is 36.1 Å². The van der Waals surface area contributed by atoms with Crippen molar-refractivity contribution in [2.45, 2.75) is 26.7 Å². The Hall–Kier alpha value is -2.10. The van der Waals surface area contributed by atoms with Crippen LogP contribution < -0.4 is 0 Å². The summed E-state index contributed by atoms with van der Waals surface area (Å²) in [6, 6.07) is 6.80. The van der Waals surface area contributed by atoms with Gasteiger partial charge in [-0.25, -0.2) is 13.2 Å². The molecule has 0 aliphatic heterocycles. The molecule has 21 heavy (non-hydrogen) atoms. The van der Waals surface area contributed by atoms with E-state index in [1.165, 1.54) is 0 Å². The maximum atomic E-state index is 13.7. The van der Waals surface area contributed by atoms with Gasteiger partial charge in [-0.05, 0) is 42.2 Å². The maximum absolute atomic E-state index is 13.7. The molecule has 0 bridgehead atoms. The zero-order valence-corrected chi connectivity index (χ0v) is 11.8. The molecule has 1 nitrogen and oxygen atoms in total. The summed E-state index contributed by atoms with van der Waals surface area (Å²) in [6.45, 7) is 3.96. The zero-order valence-electron chi connectivity index (χ0n) is 11.8. The molecular weight excluding hydrogens is 277 g/mol. The Morgan fingerprint density at radius 3 is 2.19 bits per heavy atom. The molecule has 0 aliphatic carbocycles. The number of hydrogen-bond acceptors (Lipinski definition) is 1. The van der Waals surface area contributed by atoms with E-state index in [9.17, 15) is 18.0 Å². The zero-order chi connectivity index (χ0) is 15.6. The molecule has 0 saturated heterocycles. The van der Waals surface area contributed by atoms with Gasteiger partial charge in [0.2, 0.25) is 0 Å². The first-order valence-corrected chi connectivity index (χ1v) is 6.79. The van der Waals surface area contributed by atoms with Crippen molar-refractivity contribution >= 4 is 5.78 Å². The Kier molecular flexibility index (Phi) is 4.46. The van der Waals surface area contributed by atoms with Crippen LogP contribution in [0.25, 0.3) is 0 Å². The molecule has 0 N–H and O–H groups in total. The van der Waals surface area contributed by atoms with E-state index in [0.29, 0.717) is 0 Å². The highest BCUT2D eigenvalue weighted by atomic mass is 19.2. The smallest absolute Gasteiger partial charge is 0.196 e. The van der Waals surface area contributed by atoms with E-state index in [1.54, 1.807) is 12.1 Å². The predicted molar refractivity (Wildman–Crippen MR) is 74.9 cm³/mol. The quantitative estimate of drug-likeness (QED) is 0.600. The van der Waals surface area contributed by atoms with E-state index in [4.69, 9.17) is 0 Å². The molecule has 0 fully saturated rings. The minimum absolute atomic E-state index is 0.272. The molecule has 0 aromatic heterocycles. The molecule has 0 aliphatic rings. The lowest BCUT2D eigenvalue weighted by Crippen LogP contribution is -2.08. The summed E-state index contributed by atoms with van der Waals surface area (Å²) in [5.41, 5.74) is 1.92. The van der Waals surface area contributed by atoms with Gasteiger partial charge in [0.1, 0.15) is 0 Å². The highest BCUT2D eigenvalue weighted by Crippen LogP contribution is 2.21. The lowest BCUT2D eigenvalue weighted by molar-refractivity contribution is 0.103. The third-order valence-electron chi connectivity index (χ3n) is 3.51. The molecule has 2 rings (SSSR count). The van der Waals surface area contributed by atoms with Crippen molar-refractivity contribution < 1.29 is 18.0 Å². The topological polar surface area (TPSA) is 17.1 Å². The Morgan fingerprint density at radius 1 is 0.905 bits per heavy atom. The maximum Gasteiger partial charge on any atom is 0.196 e. The van der Waals surface area contributed by atoms with Crippen LogP contribution in [0.1, 0.15) is 40.9 Å². The summed E-state index contributed by atoms with van der Waals surface area (Å²) in [6.07, 6.45) is 1.57. The molecular formula is C17H15F3O. The largest absolute Gasteiger partial charge is 0.288 e. The van der Waals surface area contributed by atoms with E-state index in [2.05, 4.69) is 0 Å². The van der Waals surface area contributed by atoms with Crippen LogP contribution in [0.5, 0.6) is 0 Å². The van der Waals surface area contributed by atoms with Crippen LogP contribution in [0.3, 0.4) is 0 Å². The summed E-state index contributed by atoms with van der Waals surface area (Å²) in [7, 11) is 0. The van der Waals surface area contributed by atoms with Crippen LogP contribution in [0.4, 0.5) is 13.2 Å². The van der Waals surface area contributed by atoms with Gasteiger partial charge >= 0.3 is 0 Å². The molecule has 110 valence electrons. The number of rotatable bonds is 4. The first-order valence-electron chi connectivity index (χ1n) is 6.79. The minimum Gasteiger partial charge on any atom is -0.288 e. The molecule has 0 spiro atoms. The van der Waals surface area contributed by atoms with Crippen molar-refractivity contribution in [1.82, 2.24) is 0 Å². The van der Waals surface area contributed by atoms with Gasteiger partial charge in [-0.3, -0.25) is 4.79 Å². The first kappa shape index (κ1) is 15.3. The van der Waals surface area contributed by atoms with Crippen molar-refractivity contribution in [2.24, 2.45) is 0 Å². The Morgan fingerprint density at radius 2 is 1.57 bits per heavy atom. The van der Waals surface area contributed by atoms with E-state index >= 15 is 0 Å². The highest BCUT2D eigenvalue weighted by molar-refractivity contribution is 6.09. The Bertz CT molecular complexity index is 693. The molecule has 0 unspecified atom stereocenters. The normalized spacial score (nSPS) is 10.7. The lowest BCUT2D eigenvalue weighted by Gasteiger charge is -2.09. The standard InChI is InChI=1S/C17H15F3O/c1-3-10-5-6-12(9-11(10)4-2)17(21)13-7-8-14(18)16(20)15(13)19/h5-9H,3-4H2,1-2H3. The molecule has 0 amide bonds. The van der Waals surface area contributed by atoms with Crippen LogP contribution in [0.2, 0.25) is 0 Å². The van der Waals surface area contributed by atoms with Gasteiger partial charge in [-0.2, -0.15) is 0 Å². The SMILES string of the molecule is CCc1ccc(C(=O)c2ccc(F)c(F)c2F)cc1CC. The van der Waals surface area contributed by atoms with Crippen molar-refractivity contribution in [1.29, 1.82) is 0 Å². The van der Waals surface area contributed by atoms with E-state index in [-0.39, 0.29) is 5.56 Å². The second-order valence-electron chi connectivity index (χ2n) is 4.74. The fourth-order valence-electron chi connectivity index (χ4n) is 2.30. The van der Waals surface area contributed by atoms with Gasteiger partial charge in [0, 0.05) is 5.56 Å². The van der Waals surface area contributed by atoms with Gasteiger partial charge in [-0.1, -0.05) is 26.0 Å². The number of carbonyl (C=O) groups is 1. The minimum atomic E-state index is -1.62. The third-order valence-corrected chi connectivity index (χ3v) is 3.51. The average Bonchev–Trinajstić information content (AvgIpc) is 2.51. The summed E-state index contributed by atoms with van der Waals surface area (Å²) in [4.78, 5) is 12.3. The highest BCUT2D eigenvalue weighted by Gasteiger charge is 2.20. The lowest BCUT2D eigenvalue weighted by atomic mass is 9.95. The molecule has 0 saturated carbocycles. The number of ketones is 1. The van der Waals surface area contributed by atoms with Gasteiger partial charge in [-0.15, -0.1) is 0 Å². The first-order chi connectivity index (χ1) is 9.99. The van der Waals surface area contributed by atoms with Crippen LogP contribution in [0, 0.1) is 17.5 Å². The summed E-state index contributed by atoms with van der Waals surface area (Å²) in [5, 5.41) is 0. The van der Waals surface area contributed by atoms with Crippen LogP contribution in [0.15, 0.2) is 30.3 Å². The second-order valence-corrected chi connectivity index (χ2v) is 4.74. The Balaban J connectivity index is 2.48. The van der Waals surface area contributed by atoms with Gasteiger partial charge in [0.05, 0.1) is 5.56 Å². The molecule has 0 atom stereocenters. The number of halogens is 3. The van der Waals surface area contributed by atoms with Crippen molar-refractivity contribution in [2.75, 3.05) is 0 Å². The second kappa shape index (κ2) is 6.12. The monoisotopic (exact) mass is 292 g/mol. The molecule has 2 aromatic carbocycles. The molecule has 2 aromatic rings. The third kappa shape index (κ3) is 2.84. The van der Waals surface area contributed by atoms with Crippen molar-refractivity contribution in [3.63, 3.8) is 0 Å². The van der Waals surface area contributed by atoms with E-state index < -0.39 is 28.8 Å². The van der Waals surface area contributed by atoms with Crippen LogP contribution >= 0.6 is 0 Å². The Labute approximate surface area is 121 Å². The van der Waals surface area contributed by atoms with Gasteiger partial charge in [0.25, 0.3) is 0 Å². The fraction of sp³-hybridized carbons (Fsp3) is 0.235. The van der Waals surface area contributed by atoms with Crippen molar-refractivity contribution in [3.05, 3.63) is 70.0 Å². The predicted octanol–water partition coefficient (Wildman–Crippen LogP) is 4.46. The van der Waals surface area contributed by atoms with Gasteiger partial charge < -0.3 is 0 Å². The fourth-order valence-corrected chi connectivity index (χ4v) is 2.30. The number of carbonyl (C=O) groups excluding carboxylic acids is 1. The molecule has 4 heteroatoms. The van der Waals surface area contributed by atoms with Crippen molar-refractivity contribution in [3.8, 4) is 0 Å². The summed E-state index contributed by atoms with van der Waals surface area (Å²) in [5.74, 6) is -5.03. The van der Waals surface area contributed by atoms with Crippen LogP contribution in [-0.2, 0) is 12.8 Å². The number of aryl methyl sites for hydroxylation is 2.